The average Bonchev–Trinajstić information content (AvgIpc) is 4.01. The molecule has 2 N–H and O–H groups in total. The largest absolute Gasteiger partial charge is 0.603 e. The molecule has 0 spiro atoms. The molecule has 6 heterocycles. The predicted octanol–water partition coefficient (Wildman–Crippen LogP) is 8.07. The number of aliphatic hydroxyl groups is 2. The minimum atomic E-state index is -4.41. The molecule has 6 aromatic rings. The van der Waals surface area contributed by atoms with E-state index in [2.05, 4.69) is 81.3 Å². The van der Waals surface area contributed by atoms with Crippen LogP contribution in [0, 0.1) is 34.5 Å². The van der Waals surface area contributed by atoms with Crippen LogP contribution in [0.2, 0.25) is 0 Å². The number of aliphatic imine (C=N–C) groups is 4. The minimum absolute atomic E-state index is 0.255. The summed E-state index contributed by atoms with van der Waals surface area (Å²) >= 11 is 0. The first-order valence-corrected chi connectivity index (χ1v) is 26.3. The van der Waals surface area contributed by atoms with E-state index in [4.69, 9.17) is 38.8 Å². The van der Waals surface area contributed by atoms with Gasteiger partial charge in [-0.25, -0.2) is 30.0 Å². The maximum absolute atomic E-state index is 12.3. The van der Waals surface area contributed by atoms with Crippen molar-refractivity contribution in [1.29, 1.82) is 0 Å². The third-order valence-corrected chi connectivity index (χ3v) is 20.8. The molecule has 334 valence electrons. The Kier molecular flexibility index (Phi) is 7.36. The van der Waals surface area contributed by atoms with Crippen molar-refractivity contribution in [2.75, 3.05) is 13.2 Å². The van der Waals surface area contributed by atoms with Crippen molar-refractivity contribution in [1.82, 2.24) is 8.47 Å². The van der Waals surface area contributed by atoms with Crippen molar-refractivity contribution >= 4 is 65.4 Å². The normalized spacial score (nSPS) is 37.7. The van der Waals surface area contributed by atoms with Crippen LogP contribution < -0.4 is 11.0 Å². The fourth-order valence-corrected chi connectivity index (χ4v) is 19.9. The molecule has 12 nitrogen and oxygen atoms in total. The molecule has 4 aliphatic heterocycles. The zero-order valence-corrected chi connectivity index (χ0v) is 38.2. The number of aromatic nitrogens is 2. The van der Waals surface area contributed by atoms with Crippen LogP contribution >= 0.6 is 0 Å². The van der Waals surface area contributed by atoms with Gasteiger partial charge in [-0.1, -0.05) is 97.1 Å². The molecule has 12 aliphatic rings. The highest BCUT2D eigenvalue weighted by Gasteiger charge is 2.63. The zero-order chi connectivity index (χ0) is 44.1. The first kappa shape index (κ1) is 38.3. The highest BCUT2D eigenvalue weighted by atomic mass is 28.4. The minimum Gasteiger partial charge on any atom is -0.390 e. The summed E-state index contributed by atoms with van der Waals surface area (Å²) in [6, 6.07) is 33.3. The number of benzene rings is 4. The van der Waals surface area contributed by atoms with Crippen molar-refractivity contribution in [2.45, 2.75) is 88.3 Å². The predicted molar refractivity (Wildman–Crippen MR) is 257 cm³/mol. The molecule has 2 aromatic heterocycles. The Hall–Kier alpha value is -5.70. The van der Waals surface area contributed by atoms with Crippen LogP contribution in [0.4, 0.5) is 11.6 Å². The van der Waals surface area contributed by atoms with Crippen molar-refractivity contribution in [2.24, 2.45) is 64.5 Å². The van der Waals surface area contributed by atoms with Crippen molar-refractivity contribution in [3.63, 3.8) is 0 Å². The van der Waals surface area contributed by atoms with Gasteiger partial charge in [0.05, 0.1) is 11.2 Å². The standard InChI is InChI=1S/C54H50N8O4Si/c63-53-23-31-17-32(24-53)20-51(19-31,27-53)29-65-67(66-30-52-21-33-18-34(22-52)26-54(64,25-33)28-52)61-47-39-13-5-6-14-40(39)49(61)59-45-37-11-3-4-12-38(37)46(56-45)60-50-42-16-8-7-15-41(42)48(62(50)67)58-44-36-10-2-1-9-35(36)43(55-44)57-47/h1-16,31-34,63-64H,17-30H2/b57-43-,57-47?,58-44?,58-48-,59-45-,59-49?,60-46?,60-50-. The Labute approximate surface area is 387 Å². The Morgan fingerprint density at radius 2 is 0.806 bits per heavy atom. The number of amidine groups is 4. The van der Waals surface area contributed by atoms with Crippen LogP contribution in [0.15, 0.2) is 127 Å². The number of rotatable bonds is 6. The van der Waals surface area contributed by atoms with Crippen LogP contribution in [0.5, 0.6) is 0 Å². The second-order valence-corrected chi connectivity index (χ2v) is 25.2. The quantitative estimate of drug-likeness (QED) is 0.163. The van der Waals surface area contributed by atoms with Gasteiger partial charge in [-0.05, 0) is 112 Å². The summed E-state index contributed by atoms with van der Waals surface area (Å²) in [5, 5.41) is 28.1. The van der Waals surface area contributed by atoms with Gasteiger partial charge >= 0.3 is 8.88 Å². The van der Waals surface area contributed by atoms with E-state index < -0.39 is 20.1 Å². The van der Waals surface area contributed by atoms with Gasteiger partial charge in [0.1, 0.15) is 22.6 Å². The second-order valence-electron chi connectivity index (χ2n) is 22.6. The van der Waals surface area contributed by atoms with E-state index >= 15 is 0 Å². The smallest absolute Gasteiger partial charge is 0.390 e. The first-order valence-electron chi connectivity index (χ1n) is 24.6. The van der Waals surface area contributed by atoms with E-state index in [1.807, 2.05) is 24.3 Å². The lowest BCUT2D eigenvalue weighted by atomic mass is 9.48. The molecule has 67 heavy (non-hydrogen) atoms. The molecule has 4 atom stereocenters. The Morgan fingerprint density at radius 1 is 0.448 bits per heavy atom. The summed E-state index contributed by atoms with van der Waals surface area (Å²) in [7, 11) is -4.41. The molecule has 0 radical (unpaired) electrons. The summed E-state index contributed by atoms with van der Waals surface area (Å²) in [6.07, 6.45) is 11.2. The molecule has 14 bridgehead atoms. The summed E-state index contributed by atoms with van der Waals surface area (Å²) in [5.41, 5.74) is 3.02. The Balaban J connectivity index is 1.06. The van der Waals surface area contributed by atoms with E-state index in [-0.39, 0.29) is 10.8 Å². The van der Waals surface area contributed by atoms with E-state index in [9.17, 15) is 10.2 Å². The third-order valence-electron chi connectivity index (χ3n) is 17.8. The van der Waals surface area contributed by atoms with Crippen LogP contribution in [0.3, 0.4) is 0 Å². The lowest BCUT2D eigenvalue weighted by Crippen LogP contribution is -2.67. The molecule has 0 amide bonds. The van der Waals surface area contributed by atoms with Gasteiger partial charge in [0, 0.05) is 57.0 Å². The topological polar surface area (TPSA) is 143 Å². The molecule has 0 saturated heterocycles. The lowest BCUT2D eigenvalue weighted by molar-refractivity contribution is -0.180. The van der Waals surface area contributed by atoms with Gasteiger partial charge < -0.3 is 19.1 Å². The van der Waals surface area contributed by atoms with E-state index in [1.54, 1.807) is 0 Å². The summed E-state index contributed by atoms with van der Waals surface area (Å²) in [6.45, 7) is 0.764. The number of hydrogen-bond acceptors (Lipinski definition) is 10. The SMILES string of the molecule is OC12CC3CC(C1)CC(CO[Si]1(OCC45CC6CC(CC(O)(C6)C4)C5)n4c5c6ccccc6c4/N=C4N=C(/N=c6/c7ccccc7/c(n61)=N/C1=NC(=N\5)/c5ccccc51)c1ccccc1\4)(C3)C2. The fourth-order valence-electron chi connectivity index (χ4n) is 16.4. The van der Waals surface area contributed by atoms with E-state index in [0.29, 0.717) is 95.7 Å². The molecule has 8 fully saturated rings. The number of fused-ring (bicyclic) bond motifs is 14. The number of nitrogens with zero attached hydrogens (tertiary/aromatic N) is 8. The molecule has 8 aliphatic carbocycles. The second kappa shape index (κ2) is 12.9. The molecule has 4 aromatic carbocycles. The third kappa shape index (κ3) is 5.32. The van der Waals surface area contributed by atoms with Gasteiger partial charge in [0.2, 0.25) is 0 Å². The number of hydrogen-bond donors (Lipinski definition) is 2. The Bertz CT molecular complexity index is 3260. The van der Waals surface area contributed by atoms with Crippen LogP contribution in [-0.4, -0.2) is 75.3 Å². The van der Waals surface area contributed by atoms with Crippen molar-refractivity contribution < 1.29 is 19.1 Å². The van der Waals surface area contributed by atoms with Gasteiger partial charge in [-0.15, -0.1) is 0 Å². The molecule has 13 heteroatoms. The molecule has 4 unspecified atom stereocenters. The molecule has 8 saturated carbocycles. The van der Waals surface area contributed by atoms with Crippen molar-refractivity contribution in [3.8, 4) is 0 Å². The maximum atomic E-state index is 12.3. The van der Waals surface area contributed by atoms with Crippen LogP contribution in [0.25, 0.3) is 21.5 Å². The maximum Gasteiger partial charge on any atom is 0.603 e. The van der Waals surface area contributed by atoms with Gasteiger partial charge in [0.15, 0.2) is 23.3 Å². The average molecular weight is 903 g/mol. The summed E-state index contributed by atoms with van der Waals surface area (Å²) < 4.78 is 21.0. The van der Waals surface area contributed by atoms with Crippen molar-refractivity contribution in [3.05, 3.63) is 130 Å². The zero-order valence-electron chi connectivity index (χ0n) is 37.2. The van der Waals surface area contributed by atoms with Gasteiger partial charge in [-0.3, -0.25) is 8.47 Å². The van der Waals surface area contributed by atoms with Gasteiger partial charge in [0.25, 0.3) is 0 Å². The van der Waals surface area contributed by atoms with Gasteiger partial charge in [-0.2, -0.15) is 0 Å². The molecule has 18 rings (SSSR count). The van der Waals surface area contributed by atoms with E-state index in [1.165, 1.54) is 12.8 Å². The monoisotopic (exact) mass is 902 g/mol. The Morgan fingerprint density at radius 3 is 1.19 bits per heavy atom. The van der Waals surface area contributed by atoms with Crippen LogP contribution in [0.1, 0.15) is 99.3 Å². The van der Waals surface area contributed by atoms with Crippen LogP contribution in [-0.2, 0) is 8.85 Å². The highest BCUT2D eigenvalue weighted by Crippen LogP contribution is 2.63. The molecular weight excluding hydrogens is 853 g/mol. The fraction of sp³-hybridized carbons (Fsp3) is 0.407. The summed E-state index contributed by atoms with van der Waals surface area (Å²) in [4.78, 5) is 33.3. The highest BCUT2D eigenvalue weighted by molar-refractivity contribution is 6.66. The lowest BCUT2D eigenvalue weighted by Gasteiger charge is -2.61. The van der Waals surface area contributed by atoms with E-state index in [0.717, 1.165) is 95.2 Å². The first-order chi connectivity index (χ1) is 32.6. The summed E-state index contributed by atoms with van der Waals surface area (Å²) in [5.74, 6) is 5.41. The molecular formula is C54H50N8O4Si.